The van der Waals surface area contributed by atoms with Gasteiger partial charge in [-0.1, -0.05) is 30.9 Å². The molecule has 1 heterocycles. The lowest BCUT2D eigenvalue weighted by Gasteiger charge is -2.25. The van der Waals surface area contributed by atoms with E-state index >= 15 is 0 Å². The second kappa shape index (κ2) is 8.87. The fourth-order valence-electron chi connectivity index (χ4n) is 2.78. The summed E-state index contributed by atoms with van der Waals surface area (Å²) in [5.41, 5.74) is 0.703. The van der Waals surface area contributed by atoms with Crippen LogP contribution in [0.5, 0.6) is 11.5 Å². The molecule has 0 saturated carbocycles. The van der Waals surface area contributed by atoms with Gasteiger partial charge in [-0.25, -0.2) is 0 Å². The van der Waals surface area contributed by atoms with Crippen molar-refractivity contribution in [1.29, 1.82) is 0 Å². The summed E-state index contributed by atoms with van der Waals surface area (Å²) in [6.07, 6.45) is 5.87. The lowest BCUT2D eigenvalue weighted by atomic mass is 10.1. The summed E-state index contributed by atoms with van der Waals surface area (Å²) in [6.45, 7) is 1.93. The average molecular weight is 341 g/mol. The summed E-state index contributed by atoms with van der Waals surface area (Å²) in [6, 6.07) is 3.44. The number of hydrogen-bond acceptors (Lipinski definition) is 4. The normalized spacial score (nSPS) is 15.5. The lowest BCUT2D eigenvalue weighted by Crippen LogP contribution is -2.37. The summed E-state index contributed by atoms with van der Waals surface area (Å²) >= 11 is 6.09. The Bertz CT molecular complexity index is 529. The number of methoxy groups -OCH3 is 2. The van der Waals surface area contributed by atoms with Gasteiger partial charge in [0.05, 0.1) is 31.5 Å². The molecule has 1 amide bonds. The number of anilines is 1. The van der Waals surface area contributed by atoms with Gasteiger partial charge in [-0.2, -0.15) is 0 Å². The highest BCUT2D eigenvalue weighted by Gasteiger charge is 2.16. The summed E-state index contributed by atoms with van der Waals surface area (Å²) in [5, 5.41) is 3.62. The van der Waals surface area contributed by atoms with Crippen LogP contribution in [0.15, 0.2) is 12.1 Å². The fourth-order valence-corrected chi connectivity index (χ4v) is 3.01. The van der Waals surface area contributed by atoms with Crippen molar-refractivity contribution in [3.63, 3.8) is 0 Å². The van der Waals surface area contributed by atoms with E-state index in [1.54, 1.807) is 26.4 Å². The lowest BCUT2D eigenvalue weighted by molar-refractivity contribution is -0.129. The predicted octanol–water partition coefficient (Wildman–Crippen LogP) is 3.56. The first kappa shape index (κ1) is 17.7. The number of rotatable bonds is 5. The van der Waals surface area contributed by atoms with Crippen molar-refractivity contribution >= 4 is 23.2 Å². The van der Waals surface area contributed by atoms with E-state index in [-0.39, 0.29) is 12.5 Å². The van der Waals surface area contributed by atoms with E-state index in [4.69, 9.17) is 21.1 Å². The summed E-state index contributed by atoms with van der Waals surface area (Å²) in [5.74, 6) is 1.26. The van der Waals surface area contributed by atoms with Crippen LogP contribution in [0.2, 0.25) is 5.02 Å². The number of amides is 1. The van der Waals surface area contributed by atoms with E-state index in [2.05, 4.69) is 5.32 Å². The van der Waals surface area contributed by atoms with Gasteiger partial charge < -0.3 is 19.7 Å². The fraction of sp³-hybridized carbons (Fsp3) is 0.588. The molecule has 1 aromatic carbocycles. The van der Waals surface area contributed by atoms with Crippen LogP contribution in [0.4, 0.5) is 5.69 Å². The highest BCUT2D eigenvalue weighted by atomic mass is 35.5. The van der Waals surface area contributed by atoms with Gasteiger partial charge in [-0.05, 0) is 12.8 Å². The number of ether oxygens (including phenoxy) is 2. The number of nitrogens with zero attached hydrogens (tertiary/aromatic N) is 1. The van der Waals surface area contributed by atoms with E-state index in [0.717, 1.165) is 25.9 Å². The predicted molar refractivity (Wildman–Crippen MR) is 92.7 cm³/mol. The van der Waals surface area contributed by atoms with Crippen molar-refractivity contribution in [3.05, 3.63) is 17.2 Å². The molecule has 0 bridgehead atoms. The van der Waals surface area contributed by atoms with E-state index in [0.29, 0.717) is 22.2 Å². The van der Waals surface area contributed by atoms with Crippen molar-refractivity contribution in [1.82, 2.24) is 4.90 Å². The Morgan fingerprint density at radius 2 is 1.70 bits per heavy atom. The Labute approximate surface area is 142 Å². The zero-order valence-electron chi connectivity index (χ0n) is 13.9. The summed E-state index contributed by atoms with van der Waals surface area (Å²) < 4.78 is 10.5. The molecule has 2 rings (SSSR count). The first-order valence-corrected chi connectivity index (χ1v) is 8.46. The first-order valence-electron chi connectivity index (χ1n) is 8.09. The maximum atomic E-state index is 12.4. The third kappa shape index (κ3) is 4.93. The Balaban J connectivity index is 2.00. The van der Waals surface area contributed by atoms with Crippen LogP contribution < -0.4 is 14.8 Å². The zero-order valence-corrected chi connectivity index (χ0v) is 14.6. The molecule has 1 saturated heterocycles. The molecule has 0 atom stereocenters. The van der Waals surface area contributed by atoms with Gasteiger partial charge in [0, 0.05) is 25.2 Å². The third-order valence-corrected chi connectivity index (χ3v) is 4.41. The number of hydrogen-bond donors (Lipinski definition) is 1. The minimum Gasteiger partial charge on any atom is -0.495 e. The molecular formula is C17H25ClN2O3. The maximum Gasteiger partial charge on any atom is 0.241 e. The second-order valence-corrected chi connectivity index (χ2v) is 6.10. The smallest absolute Gasteiger partial charge is 0.241 e. The molecule has 0 radical (unpaired) electrons. The van der Waals surface area contributed by atoms with Crippen LogP contribution in [0.1, 0.15) is 32.1 Å². The van der Waals surface area contributed by atoms with E-state index in [9.17, 15) is 4.79 Å². The molecular weight excluding hydrogens is 316 g/mol. The number of nitrogens with one attached hydrogen (secondary N) is 1. The molecule has 23 heavy (non-hydrogen) atoms. The largest absolute Gasteiger partial charge is 0.495 e. The van der Waals surface area contributed by atoms with Gasteiger partial charge in [0.25, 0.3) is 0 Å². The van der Waals surface area contributed by atoms with Gasteiger partial charge in [0.1, 0.15) is 11.5 Å². The molecule has 1 fully saturated rings. The minimum atomic E-state index is 0.114. The first-order chi connectivity index (χ1) is 11.2. The van der Waals surface area contributed by atoms with Crippen LogP contribution in [-0.2, 0) is 4.79 Å². The van der Waals surface area contributed by atoms with Crippen LogP contribution in [0.3, 0.4) is 0 Å². The van der Waals surface area contributed by atoms with Crippen LogP contribution in [0, 0.1) is 0 Å². The molecule has 1 aliphatic rings. The monoisotopic (exact) mass is 340 g/mol. The van der Waals surface area contributed by atoms with Crippen molar-refractivity contribution in [2.24, 2.45) is 0 Å². The molecule has 0 aliphatic carbocycles. The van der Waals surface area contributed by atoms with Crippen molar-refractivity contribution < 1.29 is 14.3 Å². The highest BCUT2D eigenvalue weighted by molar-refractivity contribution is 6.32. The van der Waals surface area contributed by atoms with Crippen LogP contribution in [-0.4, -0.2) is 44.7 Å². The Morgan fingerprint density at radius 1 is 1.09 bits per heavy atom. The topological polar surface area (TPSA) is 50.8 Å². The van der Waals surface area contributed by atoms with Gasteiger partial charge >= 0.3 is 0 Å². The second-order valence-electron chi connectivity index (χ2n) is 5.69. The molecule has 1 aliphatic heterocycles. The van der Waals surface area contributed by atoms with Crippen molar-refractivity contribution in [3.8, 4) is 11.5 Å². The Kier molecular flexibility index (Phi) is 6.84. The highest BCUT2D eigenvalue weighted by Crippen LogP contribution is 2.35. The molecule has 6 heteroatoms. The standard InChI is InChI=1S/C17H25ClN2O3/c1-22-15-11-14(16(23-2)10-13(15)18)19-12-17(21)20-8-6-4-3-5-7-9-20/h10-11,19H,3-9,12H2,1-2H3. The van der Waals surface area contributed by atoms with E-state index in [1.807, 2.05) is 4.90 Å². The van der Waals surface area contributed by atoms with Gasteiger partial charge in [-0.15, -0.1) is 0 Å². The van der Waals surface area contributed by atoms with Gasteiger partial charge in [-0.3, -0.25) is 4.79 Å². The zero-order chi connectivity index (χ0) is 16.7. The van der Waals surface area contributed by atoms with Crippen LogP contribution >= 0.6 is 11.6 Å². The number of benzene rings is 1. The number of halogens is 1. The van der Waals surface area contributed by atoms with Gasteiger partial charge in [0.2, 0.25) is 5.91 Å². The minimum absolute atomic E-state index is 0.114. The summed E-state index contributed by atoms with van der Waals surface area (Å²) in [7, 11) is 3.13. The Hall–Kier alpha value is -1.62. The Morgan fingerprint density at radius 3 is 2.30 bits per heavy atom. The number of carbonyl (C=O) groups excluding carboxylic acids is 1. The number of likely N-dealkylation sites (tertiary alicyclic amines) is 1. The molecule has 0 unspecified atom stereocenters. The maximum absolute atomic E-state index is 12.4. The molecule has 0 aromatic heterocycles. The molecule has 5 nitrogen and oxygen atoms in total. The molecule has 1 N–H and O–H groups in total. The average Bonchev–Trinajstić information content (AvgIpc) is 2.52. The molecule has 128 valence electrons. The quantitative estimate of drug-likeness (QED) is 0.890. The van der Waals surface area contributed by atoms with E-state index < -0.39 is 0 Å². The van der Waals surface area contributed by atoms with Gasteiger partial charge in [0.15, 0.2) is 0 Å². The molecule has 0 spiro atoms. The third-order valence-electron chi connectivity index (χ3n) is 4.11. The SMILES string of the molecule is COc1cc(NCC(=O)N2CCCCCCC2)c(OC)cc1Cl. The summed E-state index contributed by atoms with van der Waals surface area (Å²) in [4.78, 5) is 14.4. The van der Waals surface area contributed by atoms with Crippen molar-refractivity contribution in [2.75, 3.05) is 39.2 Å². The number of carbonyl (C=O) groups is 1. The molecule has 1 aromatic rings. The van der Waals surface area contributed by atoms with E-state index in [1.165, 1.54) is 19.3 Å². The van der Waals surface area contributed by atoms with Crippen molar-refractivity contribution in [2.45, 2.75) is 32.1 Å². The van der Waals surface area contributed by atoms with Crippen LogP contribution in [0.25, 0.3) is 0 Å².